The average molecular weight is 352 g/mol. The highest BCUT2D eigenvalue weighted by molar-refractivity contribution is 5.91. The Hall–Kier alpha value is -2.56. The van der Waals surface area contributed by atoms with Gasteiger partial charge in [0.05, 0.1) is 0 Å². The minimum Gasteiger partial charge on any atom is -0.353 e. The minimum absolute atomic E-state index is 0.0157. The molecule has 5 heteroatoms. The van der Waals surface area contributed by atoms with Crippen LogP contribution >= 0.6 is 0 Å². The molecule has 1 aliphatic heterocycles. The predicted octanol–water partition coefficient (Wildman–Crippen LogP) is 4.18. The van der Waals surface area contributed by atoms with Crippen molar-refractivity contribution >= 4 is 17.5 Å². The Labute approximate surface area is 156 Å². The quantitative estimate of drug-likeness (QED) is 0.902. The second kappa shape index (κ2) is 7.77. The number of amides is 2. The SMILES string of the molecule is Cc1cccc(N2CCN(C(=O)Nc3c(C)cccc3C(C)C)CC2)n1. The second-order valence-corrected chi connectivity index (χ2v) is 7.24. The van der Waals surface area contributed by atoms with Gasteiger partial charge in [-0.15, -0.1) is 0 Å². The van der Waals surface area contributed by atoms with Crippen LogP contribution in [-0.2, 0) is 0 Å². The van der Waals surface area contributed by atoms with Gasteiger partial charge in [0.25, 0.3) is 0 Å². The smallest absolute Gasteiger partial charge is 0.321 e. The van der Waals surface area contributed by atoms with Crippen LogP contribution < -0.4 is 10.2 Å². The van der Waals surface area contributed by atoms with Crippen LogP contribution in [0.1, 0.15) is 36.6 Å². The van der Waals surface area contributed by atoms with Crippen molar-refractivity contribution in [2.75, 3.05) is 36.4 Å². The van der Waals surface area contributed by atoms with Gasteiger partial charge in [-0.05, 0) is 43.0 Å². The summed E-state index contributed by atoms with van der Waals surface area (Å²) in [5.41, 5.74) is 4.26. The molecule has 0 radical (unpaired) electrons. The van der Waals surface area contributed by atoms with Gasteiger partial charge in [0.15, 0.2) is 0 Å². The molecule has 138 valence electrons. The van der Waals surface area contributed by atoms with Crippen LogP contribution in [0.4, 0.5) is 16.3 Å². The van der Waals surface area contributed by atoms with E-state index in [4.69, 9.17) is 0 Å². The van der Waals surface area contributed by atoms with Gasteiger partial charge in [0.2, 0.25) is 0 Å². The summed E-state index contributed by atoms with van der Waals surface area (Å²) in [6.45, 7) is 11.3. The highest BCUT2D eigenvalue weighted by atomic mass is 16.2. The van der Waals surface area contributed by atoms with Crippen LogP contribution in [-0.4, -0.2) is 42.1 Å². The van der Waals surface area contributed by atoms with Crippen LogP contribution in [0, 0.1) is 13.8 Å². The van der Waals surface area contributed by atoms with Crippen molar-refractivity contribution in [3.8, 4) is 0 Å². The van der Waals surface area contributed by atoms with Crippen LogP contribution in [0.25, 0.3) is 0 Å². The van der Waals surface area contributed by atoms with Gasteiger partial charge >= 0.3 is 6.03 Å². The predicted molar refractivity (Wildman–Crippen MR) is 107 cm³/mol. The first-order valence-electron chi connectivity index (χ1n) is 9.29. The molecular formula is C21H28N4O. The Morgan fingerprint density at radius 1 is 1.04 bits per heavy atom. The number of piperazine rings is 1. The van der Waals surface area contributed by atoms with Gasteiger partial charge in [-0.25, -0.2) is 9.78 Å². The summed E-state index contributed by atoms with van der Waals surface area (Å²) >= 11 is 0. The van der Waals surface area contributed by atoms with E-state index in [9.17, 15) is 4.79 Å². The number of urea groups is 1. The summed E-state index contributed by atoms with van der Waals surface area (Å²) in [6, 6.07) is 12.2. The lowest BCUT2D eigenvalue weighted by Gasteiger charge is -2.35. The molecule has 2 aromatic rings. The zero-order valence-electron chi connectivity index (χ0n) is 16.1. The molecule has 26 heavy (non-hydrogen) atoms. The summed E-state index contributed by atoms with van der Waals surface area (Å²) in [6.07, 6.45) is 0. The highest BCUT2D eigenvalue weighted by Crippen LogP contribution is 2.27. The van der Waals surface area contributed by atoms with Crippen LogP contribution in [0.5, 0.6) is 0 Å². The maximum absolute atomic E-state index is 12.8. The lowest BCUT2D eigenvalue weighted by molar-refractivity contribution is 0.208. The number of benzene rings is 1. The molecule has 1 aromatic carbocycles. The van der Waals surface area contributed by atoms with E-state index in [1.807, 2.05) is 49.1 Å². The van der Waals surface area contributed by atoms with Crippen molar-refractivity contribution < 1.29 is 4.79 Å². The Bertz CT molecular complexity index is 779. The standard InChI is InChI=1S/C21H28N4O/c1-15(2)18-9-5-7-16(3)20(18)23-21(26)25-13-11-24(12-14-25)19-10-6-8-17(4)22-19/h5-10,15H,11-14H2,1-4H3,(H,23,26). The van der Waals surface area contributed by atoms with Crippen molar-refractivity contribution in [2.24, 2.45) is 0 Å². The number of nitrogens with zero attached hydrogens (tertiary/aromatic N) is 3. The number of hydrogen-bond donors (Lipinski definition) is 1. The van der Waals surface area contributed by atoms with E-state index in [1.165, 1.54) is 5.56 Å². The molecule has 2 heterocycles. The van der Waals surface area contributed by atoms with Crippen molar-refractivity contribution in [3.05, 3.63) is 53.2 Å². The second-order valence-electron chi connectivity index (χ2n) is 7.24. The van der Waals surface area contributed by atoms with E-state index in [-0.39, 0.29) is 6.03 Å². The molecule has 3 rings (SSSR count). The summed E-state index contributed by atoms with van der Waals surface area (Å²) in [5, 5.41) is 3.15. The third kappa shape index (κ3) is 3.98. The molecule has 1 aliphatic rings. The third-order valence-electron chi connectivity index (χ3n) is 4.92. The number of para-hydroxylation sites is 1. The van der Waals surface area contributed by atoms with E-state index in [2.05, 4.69) is 35.1 Å². The zero-order valence-corrected chi connectivity index (χ0v) is 16.1. The number of aryl methyl sites for hydroxylation is 2. The molecule has 0 aliphatic carbocycles. The van der Waals surface area contributed by atoms with Crippen LogP contribution in [0.15, 0.2) is 36.4 Å². The number of carbonyl (C=O) groups is 1. The largest absolute Gasteiger partial charge is 0.353 e. The van der Waals surface area contributed by atoms with E-state index < -0.39 is 0 Å². The Kier molecular flexibility index (Phi) is 5.45. The van der Waals surface area contributed by atoms with Crippen LogP contribution in [0.2, 0.25) is 0 Å². The van der Waals surface area contributed by atoms with Gasteiger partial charge < -0.3 is 15.1 Å². The average Bonchev–Trinajstić information content (AvgIpc) is 2.63. The molecule has 1 N–H and O–H groups in total. The number of rotatable bonds is 3. The lowest BCUT2D eigenvalue weighted by atomic mass is 9.98. The molecule has 1 saturated heterocycles. The van der Waals surface area contributed by atoms with Gasteiger partial charge in [-0.3, -0.25) is 0 Å². The van der Waals surface area contributed by atoms with E-state index in [0.29, 0.717) is 19.0 Å². The highest BCUT2D eigenvalue weighted by Gasteiger charge is 2.23. The van der Waals surface area contributed by atoms with Gasteiger partial charge in [-0.1, -0.05) is 38.1 Å². The molecule has 2 amide bonds. The molecule has 5 nitrogen and oxygen atoms in total. The van der Waals surface area contributed by atoms with Crippen molar-refractivity contribution in [2.45, 2.75) is 33.6 Å². The fraction of sp³-hybridized carbons (Fsp3) is 0.429. The number of hydrogen-bond acceptors (Lipinski definition) is 3. The zero-order chi connectivity index (χ0) is 18.7. The maximum atomic E-state index is 12.8. The molecule has 0 unspecified atom stereocenters. The summed E-state index contributed by atoms with van der Waals surface area (Å²) in [4.78, 5) is 21.5. The number of anilines is 2. The van der Waals surface area contributed by atoms with Gasteiger partial charge in [-0.2, -0.15) is 0 Å². The molecule has 0 atom stereocenters. The van der Waals surface area contributed by atoms with Crippen molar-refractivity contribution in [1.29, 1.82) is 0 Å². The maximum Gasteiger partial charge on any atom is 0.321 e. The fourth-order valence-electron chi connectivity index (χ4n) is 3.37. The first kappa shape index (κ1) is 18.2. The molecule has 0 saturated carbocycles. The van der Waals surface area contributed by atoms with E-state index in [0.717, 1.165) is 35.9 Å². The Morgan fingerprint density at radius 2 is 1.73 bits per heavy atom. The van der Waals surface area contributed by atoms with E-state index in [1.54, 1.807) is 0 Å². The monoisotopic (exact) mass is 352 g/mol. The van der Waals surface area contributed by atoms with Crippen molar-refractivity contribution in [3.63, 3.8) is 0 Å². The molecular weight excluding hydrogens is 324 g/mol. The number of pyridine rings is 1. The van der Waals surface area contributed by atoms with Gasteiger partial charge in [0, 0.05) is 37.6 Å². The fourth-order valence-corrected chi connectivity index (χ4v) is 3.37. The molecule has 1 aromatic heterocycles. The first-order valence-corrected chi connectivity index (χ1v) is 9.29. The molecule has 1 fully saturated rings. The summed E-state index contributed by atoms with van der Waals surface area (Å²) < 4.78 is 0. The first-order chi connectivity index (χ1) is 12.5. The summed E-state index contributed by atoms with van der Waals surface area (Å²) in [5.74, 6) is 1.36. The Morgan fingerprint density at radius 3 is 2.38 bits per heavy atom. The number of carbonyl (C=O) groups excluding carboxylic acids is 1. The number of nitrogens with one attached hydrogen (secondary N) is 1. The summed E-state index contributed by atoms with van der Waals surface area (Å²) in [7, 11) is 0. The molecule has 0 spiro atoms. The van der Waals surface area contributed by atoms with Gasteiger partial charge in [0.1, 0.15) is 5.82 Å². The Balaban J connectivity index is 1.65. The third-order valence-corrected chi connectivity index (χ3v) is 4.92. The normalized spacial score (nSPS) is 14.7. The van der Waals surface area contributed by atoms with Crippen molar-refractivity contribution in [1.82, 2.24) is 9.88 Å². The number of aromatic nitrogens is 1. The lowest BCUT2D eigenvalue weighted by Crippen LogP contribution is -2.50. The van der Waals surface area contributed by atoms with Crippen LogP contribution in [0.3, 0.4) is 0 Å². The van der Waals surface area contributed by atoms with E-state index >= 15 is 0 Å². The topological polar surface area (TPSA) is 48.5 Å². The minimum atomic E-state index is -0.0157. The molecule has 0 bridgehead atoms.